The lowest BCUT2D eigenvalue weighted by Gasteiger charge is -2.05. The fourth-order valence-corrected chi connectivity index (χ4v) is 2.31. The van der Waals surface area contributed by atoms with Gasteiger partial charge in [-0.15, -0.1) is 11.3 Å². The summed E-state index contributed by atoms with van der Waals surface area (Å²) in [5, 5.41) is 2.58. The molecule has 0 aromatic carbocycles. The third kappa shape index (κ3) is 1.65. The van der Waals surface area contributed by atoms with Gasteiger partial charge in [0.25, 0.3) is 0 Å². The van der Waals surface area contributed by atoms with Crippen LogP contribution in [0.25, 0.3) is 16.2 Å². The lowest BCUT2D eigenvalue weighted by molar-refractivity contribution is -0.140. The maximum atomic E-state index is 12.7. The van der Waals surface area contributed by atoms with Gasteiger partial charge in [-0.1, -0.05) is 0 Å². The highest BCUT2D eigenvalue weighted by molar-refractivity contribution is 7.12. The van der Waals surface area contributed by atoms with Crippen molar-refractivity contribution in [3.05, 3.63) is 35.9 Å². The van der Waals surface area contributed by atoms with Gasteiger partial charge in [-0.25, -0.2) is 15.0 Å². The van der Waals surface area contributed by atoms with Gasteiger partial charge in [0.05, 0.1) is 0 Å². The molecule has 0 aliphatic carbocycles. The Bertz CT molecular complexity index is 687. The van der Waals surface area contributed by atoms with Crippen molar-refractivity contribution < 1.29 is 13.2 Å². The van der Waals surface area contributed by atoms with Gasteiger partial charge in [0.2, 0.25) is 0 Å². The Morgan fingerprint density at radius 2 is 2.00 bits per heavy atom. The maximum Gasteiger partial charge on any atom is 0.435 e. The van der Waals surface area contributed by atoms with E-state index in [2.05, 4.69) is 15.0 Å². The molecule has 0 spiro atoms. The van der Waals surface area contributed by atoms with Crippen LogP contribution in [0.1, 0.15) is 5.69 Å². The summed E-state index contributed by atoms with van der Waals surface area (Å²) in [6, 6.07) is 3.58. The van der Waals surface area contributed by atoms with Crippen LogP contribution in [0.5, 0.6) is 0 Å². The molecule has 0 atom stereocenters. The van der Waals surface area contributed by atoms with E-state index in [0.717, 1.165) is 11.3 Å². The highest BCUT2D eigenvalue weighted by atomic mass is 32.1. The largest absolute Gasteiger partial charge is 0.435 e. The Labute approximate surface area is 103 Å². The summed E-state index contributed by atoms with van der Waals surface area (Å²) in [5.74, 6) is 0. The quantitative estimate of drug-likeness (QED) is 0.683. The van der Waals surface area contributed by atoms with Crippen LogP contribution < -0.4 is 0 Å². The molecule has 3 aromatic rings. The summed E-state index contributed by atoms with van der Waals surface area (Å²) < 4.78 is 39.7. The molecular weight excluding hydrogens is 265 g/mol. The van der Waals surface area contributed by atoms with E-state index in [1.54, 1.807) is 12.1 Å². The minimum atomic E-state index is -4.53. The van der Waals surface area contributed by atoms with Crippen molar-refractivity contribution in [2.75, 3.05) is 0 Å². The number of rotatable bonds is 1. The molecule has 3 heterocycles. The van der Waals surface area contributed by atoms with Crippen molar-refractivity contribution in [1.29, 1.82) is 0 Å². The minimum absolute atomic E-state index is 0.153. The summed E-state index contributed by atoms with van der Waals surface area (Å²) in [6.07, 6.45) is -2.31. The second-order valence-electron chi connectivity index (χ2n) is 3.46. The first-order valence-electron chi connectivity index (χ1n) is 4.86. The van der Waals surface area contributed by atoms with Crippen LogP contribution in [0.15, 0.2) is 30.2 Å². The monoisotopic (exact) mass is 270 g/mol. The average Bonchev–Trinajstić information content (AvgIpc) is 2.95. The fourth-order valence-electron chi connectivity index (χ4n) is 1.61. The normalized spacial score (nSPS) is 12.2. The van der Waals surface area contributed by atoms with Crippen LogP contribution in [-0.2, 0) is 6.18 Å². The minimum Gasteiger partial charge on any atom is -0.274 e. The second-order valence-corrected chi connectivity index (χ2v) is 4.38. The Morgan fingerprint density at radius 3 is 2.67 bits per heavy atom. The van der Waals surface area contributed by atoms with E-state index in [4.69, 9.17) is 0 Å². The fraction of sp³-hybridized carbons (Fsp3) is 0.100. The van der Waals surface area contributed by atoms with Gasteiger partial charge in [0, 0.05) is 0 Å². The molecule has 8 heteroatoms. The first-order valence-corrected chi connectivity index (χ1v) is 5.74. The van der Waals surface area contributed by atoms with Crippen molar-refractivity contribution >= 4 is 22.5 Å². The van der Waals surface area contributed by atoms with E-state index in [0.29, 0.717) is 0 Å². The van der Waals surface area contributed by atoms with E-state index in [1.807, 2.05) is 5.38 Å². The van der Waals surface area contributed by atoms with E-state index in [9.17, 15) is 13.2 Å². The number of halogens is 3. The van der Waals surface area contributed by atoms with Gasteiger partial charge in [0.1, 0.15) is 23.2 Å². The van der Waals surface area contributed by atoms with E-state index in [-0.39, 0.29) is 11.2 Å². The Kier molecular flexibility index (Phi) is 2.34. The number of fused-ring (bicyclic) bond motifs is 1. The topological polar surface area (TPSA) is 43.6 Å². The standard InChI is InChI=1S/C10H5F3N4S/c11-10(12,13)8-7-9(15-4-14-8)17(5-16-7)6-2-1-3-18-6/h1-5H. The molecule has 0 aliphatic rings. The van der Waals surface area contributed by atoms with E-state index >= 15 is 0 Å². The Balaban J connectivity index is 2.28. The first kappa shape index (κ1) is 11.1. The molecule has 0 fully saturated rings. The molecule has 0 radical (unpaired) electrons. The molecule has 18 heavy (non-hydrogen) atoms. The first-order chi connectivity index (χ1) is 8.57. The number of imidazole rings is 1. The summed E-state index contributed by atoms with van der Waals surface area (Å²) >= 11 is 1.39. The van der Waals surface area contributed by atoms with Gasteiger partial charge in [-0.2, -0.15) is 13.2 Å². The third-order valence-corrected chi connectivity index (χ3v) is 3.21. The van der Waals surface area contributed by atoms with Crippen LogP contribution in [0.4, 0.5) is 13.2 Å². The van der Waals surface area contributed by atoms with Crippen LogP contribution in [0.3, 0.4) is 0 Å². The van der Waals surface area contributed by atoms with Gasteiger partial charge >= 0.3 is 6.18 Å². The maximum absolute atomic E-state index is 12.7. The van der Waals surface area contributed by atoms with E-state index < -0.39 is 11.9 Å². The number of thiophene rings is 1. The van der Waals surface area contributed by atoms with Crippen molar-refractivity contribution in [3.8, 4) is 5.00 Å². The van der Waals surface area contributed by atoms with Gasteiger partial charge in [-0.3, -0.25) is 4.57 Å². The van der Waals surface area contributed by atoms with Crippen LogP contribution in [0, 0.1) is 0 Å². The molecule has 92 valence electrons. The van der Waals surface area contributed by atoms with Crippen molar-refractivity contribution in [2.24, 2.45) is 0 Å². The van der Waals surface area contributed by atoms with E-state index in [1.165, 1.54) is 22.2 Å². The molecule has 0 bridgehead atoms. The number of aromatic nitrogens is 4. The Hall–Kier alpha value is -1.96. The molecule has 4 nitrogen and oxygen atoms in total. The molecule has 0 saturated carbocycles. The van der Waals surface area contributed by atoms with Gasteiger partial charge in [0.15, 0.2) is 11.3 Å². The third-order valence-electron chi connectivity index (χ3n) is 2.35. The van der Waals surface area contributed by atoms with Crippen molar-refractivity contribution in [2.45, 2.75) is 6.18 Å². The number of hydrogen-bond donors (Lipinski definition) is 0. The predicted octanol–water partition coefficient (Wildman–Crippen LogP) is 2.90. The molecule has 0 N–H and O–H groups in total. The summed E-state index contributed by atoms with van der Waals surface area (Å²) in [6.45, 7) is 0. The zero-order valence-corrected chi connectivity index (χ0v) is 9.53. The Morgan fingerprint density at radius 1 is 1.17 bits per heavy atom. The predicted molar refractivity (Wildman–Crippen MR) is 59.5 cm³/mol. The molecule has 0 amide bonds. The second kappa shape index (κ2) is 3.77. The van der Waals surface area contributed by atoms with Gasteiger partial charge in [-0.05, 0) is 17.5 Å². The molecule has 3 rings (SSSR count). The molecule has 3 aromatic heterocycles. The summed E-state index contributed by atoms with van der Waals surface area (Å²) in [5.41, 5.74) is -1.10. The number of hydrogen-bond acceptors (Lipinski definition) is 4. The smallest absolute Gasteiger partial charge is 0.274 e. The molecule has 0 aliphatic heterocycles. The van der Waals surface area contributed by atoms with Crippen LogP contribution >= 0.6 is 11.3 Å². The van der Waals surface area contributed by atoms with Crippen LogP contribution in [0.2, 0.25) is 0 Å². The number of nitrogens with zero attached hydrogens (tertiary/aromatic N) is 4. The summed E-state index contributed by atoms with van der Waals surface area (Å²) in [7, 11) is 0. The SMILES string of the molecule is FC(F)(F)c1ncnc2c1ncn2-c1cccs1. The van der Waals surface area contributed by atoms with Crippen molar-refractivity contribution in [1.82, 2.24) is 19.5 Å². The highest BCUT2D eigenvalue weighted by Gasteiger charge is 2.36. The zero-order chi connectivity index (χ0) is 12.8. The summed E-state index contributed by atoms with van der Waals surface area (Å²) in [4.78, 5) is 10.9. The van der Waals surface area contributed by atoms with Crippen molar-refractivity contribution in [3.63, 3.8) is 0 Å². The molecule has 0 saturated heterocycles. The van der Waals surface area contributed by atoms with Gasteiger partial charge < -0.3 is 0 Å². The molecule has 0 unspecified atom stereocenters. The van der Waals surface area contributed by atoms with Crippen LogP contribution in [-0.4, -0.2) is 19.5 Å². The zero-order valence-electron chi connectivity index (χ0n) is 8.72. The lowest BCUT2D eigenvalue weighted by Crippen LogP contribution is -2.09. The lowest BCUT2D eigenvalue weighted by atomic mass is 10.3. The molecular formula is C10H5F3N4S. The highest BCUT2D eigenvalue weighted by Crippen LogP contribution is 2.32. The number of alkyl halides is 3. The average molecular weight is 270 g/mol.